The fraction of sp³-hybridized carbons (Fsp3) is 0.950. The highest BCUT2D eigenvalue weighted by Gasteiger charge is 2.53. The van der Waals surface area contributed by atoms with Crippen LogP contribution in [0.25, 0.3) is 0 Å². The van der Waals surface area contributed by atoms with Crippen molar-refractivity contribution in [3.63, 3.8) is 0 Å². The largest absolute Gasteiger partial charge is 0.394 e. The van der Waals surface area contributed by atoms with E-state index in [4.69, 9.17) is 23.7 Å². The van der Waals surface area contributed by atoms with E-state index in [-0.39, 0.29) is 0 Å². The van der Waals surface area contributed by atoms with Gasteiger partial charge in [-0.05, 0) is 0 Å². The second kappa shape index (κ2) is 12.8. The number of carbonyl (C=O) groups excluding carboxylic acids is 1. The molecule has 3 fully saturated rings. The second-order valence-corrected chi connectivity index (χ2v) is 9.07. The van der Waals surface area contributed by atoms with E-state index in [2.05, 4.69) is 5.32 Å². The molecule has 3 aliphatic heterocycles. The normalized spacial score (nSPS) is 49.0. The van der Waals surface area contributed by atoms with Gasteiger partial charge in [-0.1, -0.05) is 0 Å². The van der Waals surface area contributed by atoms with E-state index in [0.29, 0.717) is 0 Å². The summed E-state index contributed by atoms with van der Waals surface area (Å²) >= 11 is 0. The number of aliphatic hydroxyl groups is 10. The zero-order valence-corrected chi connectivity index (χ0v) is 19.7. The zero-order chi connectivity index (χ0) is 27.6. The molecule has 3 rings (SSSR count). The summed E-state index contributed by atoms with van der Waals surface area (Å²) in [5.74, 6) is -0.676. The Balaban J connectivity index is 1.83. The van der Waals surface area contributed by atoms with Crippen LogP contribution >= 0.6 is 0 Å². The third-order valence-electron chi connectivity index (χ3n) is 6.49. The second-order valence-electron chi connectivity index (χ2n) is 9.07. The lowest BCUT2D eigenvalue weighted by atomic mass is 9.94. The average Bonchev–Trinajstić information content (AvgIpc) is 2.87. The van der Waals surface area contributed by atoms with E-state index in [0.717, 1.165) is 6.92 Å². The number of carbonyl (C=O) groups is 1. The molecule has 0 aromatic rings. The smallest absolute Gasteiger partial charge is 0.217 e. The zero-order valence-electron chi connectivity index (χ0n) is 19.7. The number of hydrogen-bond acceptors (Lipinski definition) is 16. The first-order valence-electron chi connectivity index (χ1n) is 11.6. The molecular formula is C20H35NO16. The minimum Gasteiger partial charge on any atom is -0.394 e. The van der Waals surface area contributed by atoms with E-state index in [9.17, 15) is 55.9 Å². The van der Waals surface area contributed by atoms with Gasteiger partial charge < -0.3 is 80.1 Å². The summed E-state index contributed by atoms with van der Waals surface area (Å²) in [7, 11) is 0. The summed E-state index contributed by atoms with van der Waals surface area (Å²) in [6.45, 7) is -1.23. The number of hydrogen-bond donors (Lipinski definition) is 11. The highest BCUT2D eigenvalue weighted by Crippen LogP contribution is 2.32. The van der Waals surface area contributed by atoms with E-state index in [1.807, 2.05) is 0 Å². The highest BCUT2D eigenvalue weighted by molar-refractivity contribution is 5.73. The van der Waals surface area contributed by atoms with Crippen molar-refractivity contribution in [1.82, 2.24) is 5.32 Å². The molecule has 0 aromatic heterocycles. The molecular weight excluding hydrogens is 510 g/mol. The topological polar surface area (TPSA) is 278 Å². The van der Waals surface area contributed by atoms with E-state index < -0.39 is 118 Å². The van der Waals surface area contributed by atoms with Crippen molar-refractivity contribution in [2.24, 2.45) is 0 Å². The van der Waals surface area contributed by atoms with Crippen LogP contribution < -0.4 is 5.32 Å². The lowest BCUT2D eigenvalue weighted by Gasteiger charge is -2.49. The Morgan fingerprint density at radius 1 is 0.649 bits per heavy atom. The van der Waals surface area contributed by atoms with Gasteiger partial charge in [-0.15, -0.1) is 0 Å². The van der Waals surface area contributed by atoms with Crippen LogP contribution in [0.2, 0.25) is 0 Å². The van der Waals surface area contributed by atoms with Crippen LogP contribution in [-0.2, 0) is 28.5 Å². The average molecular weight is 545 g/mol. The van der Waals surface area contributed by atoms with Crippen molar-refractivity contribution in [2.45, 2.75) is 99.0 Å². The van der Waals surface area contributed by atoms with Crippen molar-refractivity contribution >= 4 is 5.91 Å². The van der Waals surface area contributed by atoms with Gasteiger partial charge in [0.2, 0.25) is 5.91 Å². The fourth-order valence-corrected chi connectivity index (χ4v) is 4.46. The van der Waals surface area contributed by atoms with Gasteiger partial charge in [0, 0.05) is 6.92 Å². The maximum Gasteiger partial charge on any atom is 0.217 e. The SMILES string of the molecule is CC(=O)N[C@H]1C(O)[C@H](O[C@@H]2OC(CO)[C@H](O)C(O)[C@@H]2O)C(CO)O[C@H]1O[C@@H]1C(CO)O[C@@H](O)[C@H](O)C1O. The molecule has 17 heteroatoms. The van der Waals surface area contributed by atoms with Crippen LogP contribution in [0.1, 0.15) is 6.92 Å². The van der Waals surface area contributed by atoms with Gasteiger partial charge in [0.15, 0.2) is 18.9 Å². The number of ether oxygens (including phenoxy) is 5. The van der Waals surface area contributed by atoms with Crippen LogP contribution in [0.3, 0.4) is 0 Å². The molecule has 15 atom stereocenters. The van der Waals surface area contributed by atoms with E-state index in [1.54, 1.807) is 0 Å². The molecule has 11 N–H and O–H groups in total. The van der Waals surface area contributed by atoms with Crippen molar-refractivity contribution in [2.75, 3.05) is 19.8 Å². The molecule has 0 spiro atoms. The third-order valence-corrected chi connectivity index (χ3v) is 6.49. The Hall–Kier alpha value is -1.13. The highest BCUT2D eigenvalue weighted by atomic mass is 16.7. The van der Waals surface area contributed by atoms with Crippen molar-refractivity contribution in [3.8, 4) is 0 Å². The summed E-state index contributed by atoms with van der Waals surface area (Å²) in [6, 6.07) is -1.47. The first kappa shape index (κ1) is 30.4. The molecule has 216 valence electrons. The van der Waals surface area contributed by atoms with E-state index in [1.165, 1.54) is 0 Å². The fourth-order valence-electron chi connectivity index (χ4n) is 4.46. The summed E-state index contributed by atoms with van der Waals surface area (Å²) < 4.78 is 27.2. The lowest BCUT2D eigenvalue weighted by molar-refractivity contribution is -0.365. The molecule has 6 unspecified atom stereocenters. The minimum atomic E-state index is -1.84. The predicted octanol–water partition coefficient (Wildman–Crippen LogP) is -7.43. The molecule has 37 heavy (non-hydrogen) atoms. The number of amides is 1. The van der Waals surface area contributed by atoms with E-state index >= 15 is 0 Å². The molecule has 0 saturated carbocycles. The van der Waals surface area contributed by atoms with Gasteiger partial charge in [0.25, 0.3) is 0 Å². The monoisotopic (exact) mass is 545 g/mol. The maximum atomic E-state index is 11.9. The molecule has 0 aromatic carbocycles. The molecule has 0 bridgehead atoms. The number of aliphatic hydroxyl groups excluding tert-OH is 10. The van der Waals surface area contributed by atoms with Crippen LogP contribution in [0.15, 0.2) is 0 Å². The first-order valence-corrected chi connectivity index (χ1v) is 11.6. The Morgan fingerprint density at radius 2 is 1.16 bits per heavy atom. The summed E-state index contributed by atoms with van der Waals surface area (Å²) in [6.07, 6.45) is -23.1. The lowest BCUT2D eigenvalue weighted by Crippen LogP contribution is -2.69. The molecule has 17 nitrogen and oxygen atoms in total. The predicted molar refractivity (Wildman–Crippen MR) is 113 cm³/mol. The summed E-state index contributed by atoms with van der Waals surface area (Å²) in [5, 5.41) is 103. The molecule has 3 heterocycles. The minimum absolute atomic E-state index is 0.676. The maximum absolute atomic E-state index is 11.9. The molecule has 0 aliphatic carbocycles. The Labute approximate surface area is 210 Å². The van der Waals surface area contributed by atoms with Crippen molar-refractivity contribution < 1.29 is 79.5 Å². The Bertz CT molecular complexity index is 743. The van der Waals surface area contributed by atoms with Crippen molar-refractivity contribution in [3.05, 3.63) is 0 Å². The van der Waals surface area contributed by atoms with Crippen LogP contribution in [0, 0.1) is 0 Å². The standard InChI is InChI=1S/C20H35NO16/c1-5(25)21-9-11(27)16(37-20-15(31)12(28)10(26)6(2-22)34-20)8(4-24)35-19(9)36-17-7(3-23)33-18(32)14(30)13(17)29/h6-20,22-24,26-32H,2-4H2,1H3,(H,21,25)/t6?,7?,8?,9-,10-,11?,12?,13?,14+,15-,16+,17+,18+,19-,20-/m0/s1. The van der Waals surface area contributed by atoms with Crippen LogP contribution in [0.4, 0.5) is 0 Å². The van der Waals surface area contributed by atoms with Gasteiger partial charge in [-0.25, -0.2) is 0 Å². The first-order chi connectivity index (χ1) is 17.4. The third kappa shape index (κ3) is 6.38. The quantitative estimate of drug-likeness (QED) is 0.135. The summed E-state index contributed by atoms with van der Waals surface area (Å²) in [4.78, 5) is 11.9. The number of nitrogens with one attached hydrogen (secondary N) is 1. The Morgan fingerprint density at radius 3 is 1.73 bits per heavy atom. The number of rotatable bonds is 8. The van der Waals surface area contributed by atoms with Gasteiger partial charge in [0.1, 0.15) is 73.2 Å². The van der Waals surface area contributed by atoms with Crippen molar-refractivity contribution in [1.29, 1.82) is 0 Å². The van der Waals surface area contributed by atoms with Gasteiger partial charge >= 0.3 is 0 Å². The summed E-state index contributed by atoms with van der Waals surface area (Å²) in [5.41, 5.74) is 0. The van der Waals surface area contributed by atoms with Gasteiger partial charge in [0.05, 0.1) is 19.8 Å². The van der Waals surface area contributed by atoms with Gasteiger partial charge in [-0.2, -0.15) is 0 Å². The molecule has 1 amide bonds. The van der Waals surface area contributed by atoms with Crippen LogP contribution in [0.5, 0.6) is 0 Å². The Kier molecular flexibility index (Phi) is 10.5. The molecule has 0 radical (unpaired) electrons. The molecule has 3 saturated heterocycles. The van der Waals surface area contributed by atoms with Crippen LogP contribution in [-0.4, -0.2) is 169 Å². The molecule has 3 aliphatic rings. The van der Waals surface area contributed by atoms with Gasteiger partial charge in [-0.3, -0.25) is 4.79 Å².